The third-order valence-corrected chi connectivity index (χ3v) is 4.32. The molecule has 2 rings (SSSR count). The molecule has 16 heavy (non-hydrogen) atoms. The highest BCUT2D eigenvalue weighted by atomic mass is 16.5. The van der Waals surface area contributed by atoms with Gasteiger partial charge in [0.05, 0.1) is 6.61 Å². The SMILES string of the molecule is COCCNCC1CC1CC1CCCCC1. The molecule has 0 aromatic heterocycles. The van der Waals surface area contributed by atoms with Gasteiger partial charge in [0.25, 0.3) is 0 Å². The van der Waals surface area contributed by atoms with Crippen LogP contribution >= 0.6 is 0 Å². The van der Waals surface area contributed by atoms with Crippen LogP contribution in [0.4, 0.5) is 0 Å². The highest BCUT2D eigenvalue weighted by Crippen LogP contribution is 2.45. The molecule has 2 fully saturated rings. The van der Waals surface area contributed by atoms with Crippen LogP contribution in [-0.2, 0) is 4.74 Å². The van der Waals surface area contributed by atoms with Crippen LogP contribution in [0.2, 0.25) is 0 Å². The highest BCUT2D eigenvalue weighted by Gasteiger charge is 2.37. The summed E-state index contributed by atoms with van der Waals surface area (Å²) < 4.78 is 5.03. The molecule has 0 aromatic rings. The molecule has 2 aliphatic carbocycles. The van der Waals surface area contributed by atoms with E-state index < -0.39 is 0 Å². The molecule has 0 spiro atoms. The van der Waals surface area contributed by atoms with Crippen LogP contribution in [0.3, 0.4) is 0 Å². The largest absolute Gasteiger partial charge is 0.383 e. The molecule has 2 unspecified atom stereocenters. The summed E-state index contributed by atoms with van der Waals surface area (Å²) in [6.07, 6.45) is 10.5. The summed E-state index contributed by atoms with van der Waals surface area (Å²) in [5, 5.41) is 3.49. The molecule has 2 aliphatic rings. The van der Waals surface area contributed by atoms with E-state index in [1.54, 1.807) is 7.11 Å². The Hall–Kier alpha value is -0.0800. The van der Waals surface area contributed by atoms with Gasteiger partial charge in [0.2, 0.25) is 0 Å². The van der Waals surface area contributed by atoms with Gasteiger partial charge in [-0.1, -0.05) is 32.1 Å². The maximum absolute atomic E-state index is 5.03. The summed E-state index contributed by atoms with van der Waals surface area (Å²) >= 11 is 0. The summed E-state index contributed by atoms with van der Waals surface area (Å²) in [5.41, 5.74) is 0. The maximum Gasteiger partial charge on any atom is 0.0587 e. The second-order valence-corrected chi connectivity index (χ2v) is 5.69. The molecule has 0 aromatic carbocycles. The predicted molar refractivity (Wildman–Crippen MR) is 67.5 cm³/mol. The Kier molecular flexibility index (Phi) is 5.11. The zero-order valence-corrected chi connectivity index (χ0v) is 10.7. The first-order valence-corrected chi connectivity index (χ1v) is 7.10. The quantitative estimate of drug-likeness (QED) is 0.673. The lowest BCUT2D eigenvalue weighted by atomic mass is 9.85. The minimum absolute atomic E-state index is 0.847. The van der Waals surface area contributed by atoms with E-state index in [-0.39, 0.29) is 0 Å². The van der Waals surface area contributed by atoms with E-state index in [0.29, 0.717) is 0 Å². The number of hydrogen-bond donors (Lipinski definition) is 1. The van der Waals surface area contributed by atoms with Gasteiger partial charge in [-0.05, 0) is 37.1 Å². The van der Waals surface area contributed by atoms with Crippen molar-refractivity contribution in [2.45, 2.75) is 44.9 Å². The Morgan fingerprint density at radius 2 is 1.94 bits per heavy atom. The smallest absolute Gasteiger partial charge is 0.0587 e. The fourth-order valence-electron chi connectivity index (χ4n) is 3.16. The van der Waals surface area contributed by atoms with E-state index in [2.05, 4.69) is 5.32 Å². The minimum Gasteiger partial charge on any atom is -0.383 e. The zero-order valence-electron chi connectivity index (χ0n) is 10.7. The van der Waals surface area contributed by atoms with E-state index >= 15 is 0 Å². The number of methoxy groups -OCH3 is 1. The molecular formula is C14H27NO. The molecule has 2 saturated carbocycles. The monoisotopic (exact) mass is 225 g/mol. The van der Waals surface area contributed by atoms with Gasteiger partial charge in [-0.2, -0.15) is 0 Å². The molecule has 94 valence electrons. The van der Waals surface area contributed by atoms with Gasteiger partial charge in [-0.3, -0.25) is 0 Å². The summed E-state index contributed by atoms with van der Waals surface area (Å²) in [5.74, 6) is 3.11. The van der Waals surface area contributed by atoms with Gasteiger partial charge in [0, 0.05) is 13.7 Å². The fraction of sp³-hybridized carbons (Fsp3) is 1.00. The molecule has 2 heteroatoms. The van der Waals surface area contributed by atoms with Gasteiger partial charge in [0.1, 0.15) is 0 Å². The van der Waals surface area contributed by atoms with Gasteiger partial charge >= 0.3 is 0 Å². The van der Waals surface area contributed by atoms with Gasteiger partial charge in [0.15, 0.2) is 0 Å². The average molecular weight is 225 g/mol. The second-order valence-electron chi connectivity index (χ2n) is 5.69. The van der Waals surface area contributed by atoms with Crippen molar-refractivity contribution in [2.75, 3.05) is 26.8 Å². The molecule has 2 atom stereocenters. The zero-order chi connectivity index (χ0) is 11.2. The van der Waals surface area contributed by atoms with E-state index in [0.717, 1.165) is 30.9 Å². The Morgan fingerprint density at radius 3 is 2.69 bits per heavy atom. The van der Waals surface area contributed by atoms with E-state index in [1.165, 1.54) is 51.5 Å². The van der Waals surface area contributed by atoms with Crippen LogP contribution in [0.5, 0.6) is 0 Å². The number of hydrogen-bond acceptors (Lipinski definition) is 2. The molecule has 0 amide bonds. The first-order valence-electron chi connectivity index (χ1n) is 7.10. The molecular weight excluding hydrogens is 198 g/mol. The lowest BCUT2D eigenvalue weighted by Crippen LogP contribution is -2.22. The van der Waals surface area contributed by atoms with Crippen molar-refractivity contribution in [1.82, 2.24) is 5.32 Å². The Bertz CT molecular complexity index is 189. The predicted octanol–water partition coefficient (Wildman–Crippen LogP) is 2.83. The third-order valence-electron chi connectivity index (χ3n) is 4.32. The lowest BCUT2D eigenvalue weighted by molar-refractivity contribution is 0.199. The fourth-order valence-corrected chi connectivity index (χ4v) is 3.16. The summed E-state index contributed by atoms with van der Waals surface area (Å²) in [4.78, 5) is 0. The van der Waals surface area contributed by atoms with Crippen LogP contribution in [0, 0.1) is 17.8 Å². The highest BCUT2D eigenvalue weighted by molar-refractivity contribution is 4.89. The van der Waals surface area contributed by atoms with Crippen LogP contribution in [0.15, 0.2) is 0 Å². The van der Waals surface area contributed by atoms with Crippen molar-refractivity contribution in [2.24, 2.45) is 17.8 Å². The van der Waals surface area contributed by atoms with Crippen molar-refractivity contribution in [1.29, 1.82) is 0 Å². The van der Waals surface area contributed by atoms with Crippen molar-refractivity contribution >= 4 is 0 Å². The van der Waals surface area contributed by atoms with E-state index in [1.807, 2.05) is 0 Å². The number of nitrogens with one attached hydrogen (secondary N) is 1. The summed E-state index contributed by atoms with van der Waals surface area (Å²) in [7, 11) is 1.77. The number of ether oxygens (including phenoxy) is 1. The molecule has 0 bridgehead atoms. The van der Waals surface area contributed by atoms with Crippen molar-refractivity contribution < 1.29 is 4.74 Å². The first-order chi connectivity index (χ1) is 7.90. The van der Waals surface area contributed by atoms with Gasteiger partial charge in [-0.15, -0.1) is 0 Å². The summed E-state index contributed by atoms with van der Waals surface area (Å²) in [6.45, 7) is 3.09. The average Bonchev–Trinajstić information content (AvgIpc) is 3.04. The normalized spacial score (nSPS) is 30.6. The van der Waals surface area contributed by atoms with Crippen LogP contribution in [0.1, 0.15) is 44.9 Å². The van der Waals surface area contributed by atoms with Crippen LogP contribution in [-0.4, -0.2) is 26.8 Å². The standard InChI is InChI=1S/C14H27NO/c1-16-8-7-15-11-14-10-13(14)9-12-5-3-2-4-6-12/h12-15H,2-11H2,1H3. The first kappa shape index (κ1) is 12.4. The Morgan fingerprint density at radius 1 is 1.12 bits per heavy atom. The van der Waals surface area contributed by atoms with Crippen molar-refractivity contribution in [3.8, 4) is 0 Å². The Labute approximate surface area is 100 Å². The molecule has 0 heterocycles. The van der Waals surface area contributed by atoms with Crippen LogP contribution in [0.25, 0.3) is 0 Å². The van der Waals surface area contributed by atoms with Crippen molar-refractivity contribution in [3.63, 3.8) is 0 Å². The molecule has 0 saturated heterocycles. The molecule has 1 N–H and O–H groups in total. The van der Waals surface area contributed by atoms with Crippen LogP contribution < -0.4 is 5.32 Å². The molecule has 0 radical (unpaired) electrons. The lowest BCUT2D eigenvalue weighted by Gasteiger charge is -2.21. The number of rotatable bonds is 7. The molecule has 2 nitrogen and oxygen atoms in total. The van der Waals surface area contributed by atoms with E-state index in [4.69, 9.17) is 4.74 Å². The van der Waals surface area contributed by atoms with Gasteiger partial charge in [-0.25, -0.2) is 0 Å². The van der Waals surface area contributed by atoms with E-state index in [9.17, 15) is 0 Å². The Balaban J connectivity index is 1.50. The second kappa shape index (κ2) is 6.61. The summed E-state index contributed by atoms with van der Waals surface area (Å²) in [6, 6.07) is 0. The van der Waals surface area contributed by atoms with Gasteiger partial charge < -0.3 is 10.1 Å². The minimum atomic E-state index is 0.847. The maximum atomic E-state index is 5.03. The third kappa shape index (κ3) is 4.06. The molecule has 0 aliphatic heterocycles. The topological polar surface area (TPSA) is 21.3 Å². The van der Waals surface area contributed by atoms with Crippen molar-refractivity contribution in [3.05, 3.63) is 0 Å².